The number of ether oxygens (including phenoxy) is 1. The van der Waals surface area contributed by atoms with Gasteiger partial charge in [-0.15, -0.1) is 0 Å². The average Bonchev–Trinajstić information content (AvgIpc) is 2.80. The van der Waals surface area contributed by atoms with E-state index in [1.54, 1.807) is 7.05 Å². The topological polar surface area (TPSA) is 50.4 Å². The van der Waals surface area contributed by atoms with Crippen LogP contribution in [-0.2, 0) is 9.53 Å². The summed E-state index contributed by atoms with van der Waals surface area (Å²) in [6.45, 7) is 2.58. The second-order valence-corrected chi connectivity index (χ2v) is 4.30. The third-order valence-corrected chi connectivity index (χ3v) is 2.97. The minimum atomic E-state index is 0.115. The van der Waals surface area contributed by atoms with Crippen LogP contribution < -0.4 is 10.6 Å². The van der Waals surface area contributed by atoms with Crippen LogP contribution >= 0.6 is 0 Å². The second kappa shape index (κ2) is 8.53. The molecule has 94 valence electrons. The van der Waals surface area contributed by atoms with E-state index in [4.69, 9.17) is 4.74 Å². The van der Waals surface area contributed by atoms with Gasteiger partial charge in [-0.1, -0.05) is 12.8 Å². The van der Waals surface area contributed by atoms with Gasteiger partial charge >= 0.3 is 0 Å². The van der Waals surface area contributed by atoms with Crippen LogP contribution in [0.2, 0.25) is 0 Å². The monoisotopic (exact) mass is 228 g/mol. The molecule has 0 spiro atoms. The van der Waals surface area contributed by atoms with Crippen molar-refractivity contribution in [3.05, 3.63) is 0 Å². The number of carbonyl (C=O) groups excluding carboxylic acids is 1. The molecule has 0 atom stereocenters. The largest absolute Gasteiger partial charge is 0.377 e. The van der Waals surface area contributed by atoms with Crippen molar-refractivity contribution in [2.24, 2.45) is 0 Å². The van der Waals surface area contributed by atoms with Crippen LogP contribution in [-0.4, -0.2) is 38.8 Å². The molecule has 1 saturated carbocycles. The standard InChI is InChI=1S/C12H24N2O2/c1-13-12(15)7-4-8-14-9-10-16-11-5-2-3-6-11/h11,14H,2-10H2,1H3,(H,13,15). The Bertz CT molecular complexity index is 191. The van der Waals surface area contributed by atoms with E-state index in [0.717, 1.165) is 26.1 Å². The summed E-state index contributed by atoms with van der Waals surface area (Å²) < 4.78 is 5.71. The van der Waals surface area contributed by atoms with E-state index in [9.17, 15) is 4.79 Å². The van der Waals surface area contributed by atoms with Gasteiger partial charge in [0.2, 0.25) is 5.91 Å². The molecule has 1 aliphatic carbocycles. The SMILES string of the molecule is CNC(=O)CCCNCCOC1CCCC1. The second-order valence-electron chi connectivity index (χ2n) is 4.30. The zero-order valence-corrected chi connectivity index (χ0v) is 10.3. The van der Waals surface area contributed by atoms with Crippen molar-refractivity contribution in [1.82, 2.24) is 10.6 Å². The minimum absolute atomic E-state index is 0.115. The zero-order chi connectivity index (χ0) is 11.6. The molecule has 0 aromatic heterocycles. The lowest BCUT2D eigenvalue weighted by molar-refractivity contribution is -0.120. The van der Waals surface area contributed by atoms with E-state index < -0.39 is 0 Å². The van der Waals surface area contributed by atoms with Crippen LogP contribution in [0.15, 0.2) is 0 Å². The van der Waals surface area contributed by atoms with Crippen molar-refractivity contribution >= 4 is 5.91 Å². The lowest BCUT2D eigenvalue weighted by Gasteiger charge is -2.11. The first-order chi connectivity index (χ1) is 7.83. The lowest BCUT2D eigenvalue weighted by atomic mass is 10.3. The zero-order valence-electron chi connectivity index (χ0n) is 10.3. The Morgan fingerprint density at radius 1 is 1.31 bits per heavy atom. The predicted octanol–water partition coefficient (Wildman–Crippen LogP) is 1.06. The third kappa shape index (κ3) is 6.08. The molecule has 4 nitrogen and oxygen atoms in total. The van der Waals surface area contributed by atoms with Gasteiger partial charge in [0, 0.05) is 20.0 Å². The van der Waals surface area contributed by atoms with Crippen molar-refractivity contribution < 1.29 is 9.53 Å². The fourth-order valence-corrected chi connectivity index (χ4v) is 1.98. The number of nitrogens with one attached hydrogen (secondary N) is 2. The Balaban J connectivity index is 1.79. The van der Waals surface area contributed by atoms with Crippen LogP contribution in [0.5, 0.6) is 0 Å². The highest BCUT2D eigenvalue weighted by molar-refractivity contribution is 5.75. The molecule has 0 unspecified atom stereocenters. The summed E-state index contributed by atoms with van der Waals surface area (Å²) in [7, 11) is 1.67. The molecule has 0 aliphatic heterocycles. The maximum absolute atomic E-state index is 10.9. The summed E-state index contributed by atoms with van der Waals surface area (Å²) >= 11 is 0. The summed E-state index contributed by atoms with van der Waals surface area (Å²) in [5, 5.41) is 5.90. The molecular weight excluding hydrogens is 204 g/mol. The van der Waals surface area contributed by atoms with Crippen molar-refractivity contribution in [3.63, 3.8) is 0 Å². The van der Waals surface area contributed by atoms with Crippen molar-refractivity contribution in [2.75, 3.05) is 26.7 Å². The Morgan fingerprint density at radius 3 is 2.75 bits per heavy atom. The summed E-state index contributed by atoms with van der Waals surface area (Å²) in [6.07, 6.45) is 7.12. The summed E-state index contributed by atoms with van der Waals surface area (Å²) in [4.78, 5) is 10.9. The average molecular weight is 228 g/mol. The van der Waals surface area contributed by atoms with E-state index in [1.807, 2.05) is 0 Å². The summed E-state index contributed by atoms with van der Waals surface area (Å²) in [5.74, 6) is 0.115. The van der Waals surface area contributed by atoms with Crippen LogP contribution in [0.1, 0.15) is 38.5 Å². The molecular formula is C12H24N2O2. The molecule has 1 amide bonds. The van der Waals surface area contributed by atoms with Crippen LogP contribution in [0.4, 0.5) is 0 Å². The first kappa shape index (κ1) is 13.5. The summed E-state index contributed by atoms with van der Waals surface area (Å²) in [6, 6.07) is 0. The van der Waals surface area contributed by atoms with Gasteiger partial charge in [-0.25, -0.2) is 0 Å². The fraction of sp³-hybridized carbons (Fsp3) is 0.917. The highest BCUT2D eigenvalue weighted by Crippen LogP contribution is 2.20. The number of hydrogen-bond acceptors (Lipinski definition) is 3. The van der Waals surface area contributed by atoms with Crippen molar-refractivity contribution in [1.29, 1.82) is 0 Å². The van der Waals surface area contributed by atoms with Gasteiger partial charge in [0.15, 0.2) is 0 Å². The first-order valence-electron chi connectivity index (χ1n) is 6.36. The smallest absolute Gasteiger partial charge is 0.219 e. The normalized spacial score (nSPS) is 16.6. The quantitative estimate of drug-likeness (QED) is 0.611. The van der Waals surface area contributed by atoms with Crippen molar-refractivity contribution in [3.8, 4) is 0 Å². The summed E-state index contributed by atoms with van der Waals surface area (Å²) in [5.41, 5.74) is 0. The molecule has 1 rings (SSSR count). The van der Waals surface area contributed by atoms with Crippen molar-refractivity contribution in [2.45, 2.75) is 44.6 Å². The molecule has 1 fully saturated rings. The molecule has 0 saturated heterocycles. The highest BCUT2D eigenvalue weighted by atomic mass is 16.5. The molecule has 4 heteroatoms. The van der Waals surface area contributed by atoms with E-state index in [1.165, 1.54) is 25.7 Å². The van der Waals surface area contributed by atoms with Crippen LogP contribution in [0.25, 0.3) is 0 Å². The highest BCUT2D eigenvalue weighted by Gasteiger charge is 2.14. The number of amides is 1. The number of carbonyl (C=O) groups is 1. The Labute approximate surface area is 98.1 Å². The van der Waals surface area contributed by atoms with E-state index >= 15 is 0 Å². The van der Waals surface area contributed by atoms with E-state index in [0.29, 0.717) is 12.5 Å². The molecule has 2 N–H and O–H groups in total. The Morgan fingerprint density at radius 2 is 2.06 bits per heavy atom. The van der Waals surface area contributed by atoms with Crippen LogP contribution in [0.3, 0.4) is 0 Å². The Kier molecular flexibility index (Phi) is 7.17. The molecule has 0 radical (unpaired) electrons. The molecule has 1 aliphatic rings. The van der Waals surface area contributed by atoms with Gasteiger partial charge < -0.3 is 15.4 Å². The number of hydrogen-bond donors (Lipinski definition) is 2. The maximum Gasteiger partial charge on any atom is 0.219 e. The van der Waals surface area contributed by atoms with E-state index in [-0.39, 0.29) is 5.91 Å². The van der Waals surface area contributed by atoms with Gasteiger partial charge in [0.1, 0.15) is 0 Å². The maximum atomic E-state index is 10.9. The lowest BCUT2D eigenvalue weighted by Crippen LogP contribution is -2.25. The first-order valence-corrected chi connectivity index (χ1v) is 6.36. The Hall–Kier alpha value is -0.610. The van der Waals surface area contributed by atoms with Gasteiger partial charge in [-0.05, 0) is 25.8 Å². The molecule has 0 aromatic rings. The predicted molar refractivity (Wildman–Crippen MR) is 64.4 cm³/mol. The fourth-order valence-electron chi connectivity index (χ4n) is 1.98. The van der Waals surface area contributed by atoms with Gasteiger partial charge in [-0.3, -0.25) is 4.79 Å². The van der Waals surface area contributed by atoms with Gasteiger partial charge in [-0.2, -0.15) is 0 Å². The number of rotatable bonds is 8. The van der Waals surface area contributed by atoms with Gasteiger partial charge in [0.05, 0.1) is 12.7 Å². The molecule has 0 heterocycles. The molecule has 0 aromatic carbocycles. The molecule has 0 bridgehead atoms. The van der Waals surface area contributed by atoms with Gasteiger partial charge in [0.25, 0.3) is 0 Å². The van der Waals surface area contributed by atoms with E-state index in [2.05, 4.69) is 10.6 Å². The molecule has 16 heavy (non-hydrogen) atoms. The van der Waals surface area contributed by atoms with Crippen LogP contribution in [0, 0.1) is 0 Å². The third-order valence-electron chi connectivity index (χ3n) is 2.97. The minimum Gasteiger partial charge on any atom is -0.377 e.